The van der Waals surface area contributed by atoms with Gasteiger partial charge in [0.25, 0.3) is 11.1 Å². The Morgan fingerprint density at radius 2 is 1.90 bits per heavy atom. The van der Waals surface area contributed by atoms with Crippen LogP contribution in [0.4, 0.5) is 0 Å². The monoisotopic (exact) mass is 408 g/mol. The Morgan fingerprint density at radius 3 is 2.76 bits per heavy atom. The topological polar surface area (TPSA) is 118 Å². The average Bonchev–Trinajstić information content (AvgIpc) is 3.11. The van der Waals surface area contributed by atoms with Crippen LogP contribution in [0.2, 0.25) is 0 Å². The number of aryl methyl sites for hydroxylation is 2. The first-order valence-electron chi connectivity index (χ1n) is 9.30. The van der Waals surface area contributed by atoms with Gasteiger partial charge in [0.1, 0.15) is 17.3 Å². The minimum absolute atomic E-state index is 0.00946. The molecule has 0 aliphatic heterocycles. The molecule has 4 aromatic rings. The van der Waals surface area contributed by atoms with Crippen molar-refractivity contribution in [1.29, 1.82) is 0 Å². The van der Waals surface area contributed by atoms with Crippen molar-refractivity contribution in [1.82, 2.24) is 20.2 Å². The Kier molecular flexibility index (Phi) is 4.24. The molecule has 146 valence electrons. The molecule has 0 radical (unpaired) electrons. The third kappa shape index (κ3) is 3.03. The van der Waals surface area contributed by atoms with E-state index in [9.17, 15) is 14.4 Å². The summed E-state index contributed by atoms with van der Waals surface area (Å²) >= 11 is 1.54. The van der Waals surface area contributed by atoms with Crippen molar-refractivity contribution in [3.63, 3.8) is 0 Å². The maximum absolute atomic E-state index is 12.6. The van der Waals surface area contributed by atoms with Gasteiger partial charge >= 0.3 is 5.97 Å². The number of hydrogen-bond donors (Lipinski definition) is 2. The standard InChI is InChI=1S/C20H16N4O4S/c25-17-11-6-2-1-5-10(11)16(23-24-17)20(27)28-9-14-21-18(26)15-12-7-3-4-8-13(12)29-19(15)22-14/h1-2,5-6H,3-4,7-9H2,(H,24,25)(H,21,22,26). The van der Waals surface area contributed by atoms with E-state index in [1.807, 2.05) is 0 Å². The van der Waals surface area contributed by atoms with Gasteiger partial charge in [0.2, 0.25) is 0 Å². The predicted molar refractivity (Wildman–Crippen MR) is 108 cm³/mol. The second-order valence-corrected chi connectivity index (χ2v) is 8.01. The third-order valence-electron chi connectivity index (χ3n) is 5.10. The number of H-pyrrole nitrogens is 2. The fourth-order valence-electron chi connectivity index (χ4n) is 3.75. The molecule has 29 heavy (non-hydrogen) atoms. The van der Waals surface area contributed by atoms with E-state index in [4.69, 9.17) is 4.74 Å². The molecule has 3 heterocycles. The van der Waals surface area contributed by atoms with Crippen LogP contribution in [0.15, 0.2) is 33.9 Å². The van der Waals surface area contributed by atoms with Crippen molar-refractivity contribution in [3.8, 4) is 0 Å². The number of nitrogens with zero attached hydrogens (tertiary/aromatic N) is 2. The maximum Gasteiger partial charge on any atom is 0.359 e. The van der Waals surface area contributed by atoms with Gasteiger partial charge in [-0.05, 0) is 37.3 Å². The highest BCUT2D eigenvalue weighted by Gasteiger charge is 2.21. The molecule has 0 atom stereocenters. The van der Waals surface area contributed by atoms with Crippen LogP contribution in [0.5, 0.6) is 0 Å². The SMILES string of the molecule is O=C(OCc1nc2sc3c(c2c(=O)[nH]1)CCCC3)c1n[nH]c(=O)c2ccccc12. The van der Waals surface area contributed by atoms with E-state index < -0.39 is 5.97 Å². The number of nitrogens with one attached hydrogen (secondary N) is 2. The largest absolute Gasteiger partial charge is 0.453 e. The van der Waals surface area contributed by atoms with Gasteiger partial charge in [0.15, 0.2) is 5.69 Å². The smallest absolute Gasteiger partial charge is 0.359 e. The predicted octanol–water partition coefficient (Wildman–Crippen LogP) is 2.46. The molecule has 1 aliphatic carbocycles. The minimum Gasteiger partial charge on any atom is -0.453 e. The van der Waals surface area contributed by atoms with Gasteiger partial charge < -0.3 is 9.72 Å². The molecule has 0 fully saturated rings. The van der Waals surface area contributed by atoms with Crippen molar-refractivity contribution in [3.05, 3.63) is 66.9 Å². The Hall–Kier alpha value is -3.33. The van der Waals surface area contributed by atoms with Crippen LogP contribution in [0, 0.1) is 0 Å². The number of aromatic amines is 2. The first-order chi connectivity index (χ1) is 14.1. The number of carbonyl (C=O) groups is 1. The molecule has 8 nitrogen and oxygen atoms in total. The average molecular weight is 408 g/mol. The van der Waals surface area contributed by atoms with E-state index in [2.05, 4.69) is 20.2 Å². The van der Waals surface area contributed by atoms with Crippen LogP contribution in [0.1, 0.15) is 39.6 Å². The summed E-state index contributed by atoms with van der Waals surface area (Å²) in [6.45, 7) is -0.193. The van der Waals surface area contributed by atoms with Crippen molar-refractivity contribution in [2.75, 3.05) is 0 Å². The van der Waals surface area contributed by atoms with E-state index in [0.717, 1.165) is 31.2 Å². The zero-order chi connectivity index (χ0) is 20.0. The molecule has 1 aromatic carbocycles. The summed E-state index contributed by atoms with van der Waals surface area (Å²) in [5, 5.41) is 7.55. The highest BCUT2D eigenvalue weighted by molar-refractivity contribution is 7.18. The highest BCUT2D eigenvalue weighted by atomic mass is 32.1. The first kappa shape index (κ1) is 17.7. The van der Waals surface area contributed by atoms with E-state index in [1.165, 1.54) is 16.2 Å². The number of carbonyl (C=O) groups excluding carboxylic acids is 1. The number of rotatable bonds is 3. The summed E-state index contributed by atoms with van der Waals surface area (Å²) < 4.78 is 5.32. The van der Waals surface area contributed by atoms with Crippen LogP contribution in [-0.4, -0.2) is 26.1 Å². The lowest BCUT2D eigenvalue weighted by Gasteiger charge is -2.09. The minimum atomic E-state index is -0.703. The molecule has 0 spiro atoms. The normalized spacial score (nSPS) is 13.5. The molecular weight excluding hydrogens is 392 g/mol. The van der Waals surface area contributed by atoms with Crippen LogP contribution in [0.3, 0.4) is 0 Å². The number of aromatic nitrogens is 4. The lowest BCUT2D eigenvalue weighted by molar-refractivity contribution is 0.0456. The van der Waals surface area contributed by atoms with E-state index >= 15 is 0 Å². The Morgan fingerprint density at radius 1 is 1.10 bits per heavy atom. The quantitative estimate of drug-likeness (QED) is 0.503. The molecular formula is C20H16N4O4S. The summed E-state index contributed by atoms with van der Waals surface area (Å²) in [4.78, 5) is 46.1. The molecule has 0 saturated heterocycles. The Balaban J connectivity index is 1.44. The number of hydrogen-bond acceptors (Lipinski definition) is 7. The van der Waals surface area contributed by atoms with Gasteiger partial charge in [-0.2, -0.15) is 5.10 Å². The number of fused-ring (bicyclic) bond motifs is 4. The zero-order valence-electron chi connectivity index (χ0n) is 15.3. The Labute approximate surface area is 167 Å². The number of esters is 1. The summed E-state index contributed by atoms with van der Waals surface area (Å²) in [7, 11) is 0. The molecule has 2 N–H and O–H groups in total. The number of ether oxygens (including phenoxy) is 1. The fourth-order valence-corrected chi connectivity index (χ4v) is 5.03. The van der Waals surface area contributed by atoms with Crippen molar-refractivity contribution in [2.45, 2.75) is 32.3 Å². The second kappa shape index (κ2) is 6.93. The van der Waals surface area contributed by atoms with Gasteiger partial charge in [-0.1, -0.05) is 18.2 Å². The molecule has 0 bridgehead atoms. The zero-order valence-corrected chi connectivity index (χ0v) is 16.1. The summed E-state index contributed by atoms with van der Waals surface area (Å²) in [5.41, 5.74) is 0.538. The first-order valence-corrected chi connectivity index (χ1v) is 10.1. The van der Waals surface area contributed by atoms with Gasteiger partial charge in [0, 0.05) is 10.3 Å². The van der Waals surface area contributed by atoms with E-state index in [0.29, 0.717) is 21.0 Å². The fraction of sp³-hybridized carbons (Fsp3) is 0.250. The Bertz CT molecular complexity index is 1390. The number of thiophene rings is 1. The molecule has 0 saturated carbocycles. The molecule has 9 heteroatoms. The van der Waals surface area contributed by atoms with Gasteiger partial charge in [-0.3, -0.25) is 9.59 Å². The lowest BCUT2D eigenvalue weighted by atomic mass is 9.97. The van der Waals surface area contributed by atoms with Crippen molar-refractivity contribution >= 4 is 38.3 Å². The lowest BCUT2D eigenvalue weighted by Crippen LogP contribution is -2.18. The van der Waals surface area contributed by atoms with E-state index in [1.54, 1.807) is 24.3 Å². The van der Waals surface area contributed by atoms with Crippen LogP contribution < -0.4 is 11.1 Å². The third-order valence-corrected chi connectivity index (χ3v) is 6.29. The number of benzene rings is 1. The molecule has 0 unspecified atom stereocenters. The van der Waals surface area contributed by atoms with Crippen molar-refractivity contribution < 1.29 is 9.53 Å². The summed E-state index contributed by atoms with van der Waals surface area (Å²) in [6, 6.07) is 6.66. The van der Waals surface area contributed by atoms with Gasteiger partial charge in [-0.15, -0.1) is 11.3 Å². The summed E-state index contributed by atoms with van der Waals surface area (Å²) in [5.74, 6) is -0.422. The molecule has 3 aromatic heterocycles. The van der Waals surface area contributed by atoms with E-state index in [-0.39, 0.29) is 29.2 Å². The molecule has 0 amide bonds. The van der Waals surface area contributed by atoms with Gasteiger partial charge in [-0.25, -0.2) is 14.9 Å². The van der Waals surface area contributed by atoms with Crippen LogP contribution in [0.25, 0.3) is 21.0 Å². The maximum atomic E-state index is 12.6. The molecule has 5 rings (SSSR count). The highest BCUT2D eigenvalue weighted by Crippen LogP contribution is 2.33. The summed E-state index contributed by atoms with van der Waals surface area (Å²) in [6.07, 6.45) is 4.09. The van der Waals surface area contributed by atoms with Crippen LogP contribution >= 0.6 is 11.3 Å². The second-order valence-electron chi connectivity index (χ2n) is 6.93. The van der Waals surface area contributed by atoms with Crippen molar-refractivity contribution in [2.24, 2.45) is 0 Å². The van der Waals surface area contributed by atoms with Crippen LogP contribution in [-0.2, 0) is 24.2 Å². The molecule has 1 aliphatic rings. The van der Waals surface area contributed by atoms with Gasteiger partial charge in [0.05, 0.1) is 10.8 Å².